The molecule has 0 saturated carbocycles. The number of sulfonamides is 1. The number of hydrogen-bond donors (Lipinski definition) is 1. The summed E-state index contributed by atoms with van der Waals surface area (Å²) in [7, 11) is -3.78. The van der Waals surface area contributed by atoms with Crippen molar-refractivity contribution in [2.24, 2.45) is 0 Å². The van der Waals surface area contributed by atoms with Gasteiger partial charge in [-0.3, -0.25) is 14.8 Å². The van der Waals surface area contributed by atoms with Crippen LogP contribution in [0.25, 0.3) is 0 Å². The van der Waals surface area contributed by atoms with Crippen LogP contribution in [0.4, 0.5) is 11.4 Å². The fourth-order valence-electron chi connectivity index (χ4n) is 1.51. The molecule has 0 heterocycles. The van der Waals surface area contributed by atoms with Crippen LogP contribution < -0.4 is 4.72 Å². The van der Waals surface area contributed by atoms with Crippen molar-refractivity contribution < 1.29 is 13.3 Å². The molecule has 0 atom stereocenters. The number of benzene rings is 2. The van der Waals surface area contributed by atoms with Gasteiger partial charge in [0.05, 0.1) is 15.5 Å². The van der Waals surface area contributed by atoms with E-state index in [1.165, 1.54) is 24.3 Å². The van der Waals surface area contributed by atoms with Gasteiger partial charge in [0.2, 0.25) is 0 Å². The van der Waals surface area contributed by atoms with Gasteiger partial charge in [0.25, 0.3) is 15.7 Å². The number of rotatable bonds is 4. The third kappa shape index (κ3) is 3.14. The van der Waals surface area contributed by atoms with E-state index in [0.717, 1.165) is 6.07 Å². The molecule has 0 radical (unpaired) electrons. The molecular formula is C12H9BrN2O4S. The zero-order valence-corrected chi connectivity index (χ0v) is 12.4. The van der Waals surface area contributed by atoms with E-state index in [9.17, 15) is 18.5 Å². The summed E-state index contributed by atoms with van der Waals surface area (Å²) >= 11 is 3.16. The van der Waals surface area contributed by atoms with Gasteiger partial charge in [0.1, 0.15) is 0 Å². The summed E-state index contributed by atoms with van der Waals surface area (Å²) in [5, 5.41) is 10.7. The van der Waals surface area contributed by atoms with Crippen molar-refractivity contribution in [3.63, 3.8) is 0 Å². The summed E-state index contributed by atoms with van der Waals surface area (Å²) in [6.07, 6.45) is 0. The third-order valence-corrected chi connectivity index (χ3v) is 4.53. The first kappa shape index (κ1) is 14.5. The lowest BCUT2D eigenvalue weighted by molar-refractivity contribution is -0.384. The number of nitrogens with zero attached hydrogens (tertiary/aromatic N) is 1. The number of hydrogen-bond acceptors (Lipinski definition) is 4. The highest BCUT2D eigenvalue weighted by Crippen LogP contribution is 2.29. The lowest BCUT2D eigenvalue weighted by Crippen LogP contribution is -2.13. The van der Waals surface area contributed by atoms with Gasteiger partial charge in [-0.2, -0.15) is 0 Å². The molecule has 6 nitrogen and oxygen atoms in total. The molecule has 2 rings (SSSR count). The number of anilines is 1. The predicted octanol–water partition coefficient (Wildman–Crippen LogP) is 3.16. The second-order valence-corrected chi connectivity index (χ2v) is 6.38. The van der Waals surface area contributed by atoms with Crippen molar-refractivity contribution in [3.05, 3.63) is 63.1 Å². The molecule has 1 N–H and O–H groups in total. The maximum atomic E-state index is 12.1. The molecule has 0 unspecified atom stereocenters. The zero-order chi connectivity index (χ0) is 14.8. The Kier molecular flexibility index (Phi) is 4.05. The number of non-ortho nitro benzene ring substituents is 1. The minimum atomic E-state index is -3.78. The predicted molar refractivity (Wildman–Crippen MR) is 78.0 cm³/mol. The minimum Gasteiger partial charge on any atom is -0.278 e. The first-order valence-electron chi connectivity index (χ1n) is 5.42. The number of nitro groups is 1. The maximum absolute atomic E-state index is 12.1. The highest BCUT2D eigenvalue weighted by Gasteiger charge is 2.17. The molecule has 0 aliphatic rings. The minimum absolute atomic E-state index is 0.0819. The Balaban J connectivity index is 2.39. The van der Waals surface area contributed by atoms with E-state index >= 15 is 0 Å². The van der Waals surface area contributed by atoms with Crippen LogP contribution >= 0.6 is 15.9 Å². The molecule has 0 amide bonds. The topological polar surface area (TPSA) is 89.3 Å². The van der Waals surface area contributed by atoms with Crippen molar-refractivity contribution in [3.8, 4) is 0 Å². The molecule has 0 saturated heterocycles. The fraction of sp³-hybridized carbons (Fsp3) is 0. The van der Waals surface area contributed by atoms with Gasteiger partial charge in [-0.25, -0.2) is 8.42 Å². The third-order valence-electron chi connectivity index (χ3n) is 2.46. The summed E-state index contributed by atoms with van der Waals surface area (Å²) in [5.74, 6) is 0. The summed E-state index contributed by atoms with van der Waals surface area (Å²) in [6.45, 7) is 0. The Labute approximate surface area is 123 Å². The van der Waals surface area contributed by atoms with Crippen LogP contribution in [0.1, 0.15) is 0 Å². The van der Waals surface area contributed by atoms with Crippen LogP contribution in [0.3, 0.4) is 0 Å². The fourth-order valence-corrected chi connectivity index (χ4v) is 3.08. The van der Waals surface area contributed by atoms with E-state index in [1.807, 2.05) is 0 Å². The quantitative estimate of drug-likeness (QED) is 0.672. The van der Waals surface area contributed by atoms with Crippen molar-refractivity contribution in [2.75, 3.05) is 4.72 Å². The SMILES string of the molecule is O=[N+]([O-])c1ccc(Br)c(NS(=O)(=O)c2ccccc2)c1. The van der Waals surface area contributed by atoms with Crippen molar-refractivity contribution in [1.82, 2.24) is 0 Å². The lowest BCUT2D eigenvalue weighted by Gasteiger charge is -2.09. The monoisotopic (exact) mass is 356 g/mol. The summed E-state index contributed by atoms with van der Waals surface area (Å²) in [4.78, 5) is 10.2. The van der Waals surface area contributed by atoms with Gasteiger partial charge >= 0.3 is 0 Å². The van der Waals surface area contributed by atoms with Crippen LogP contribution in [0.15, 0.2) is 57.9 Å². The van der Waals surface area contributed by atoms with Gasteiger partial charge in [-0.1, -0.05) is 18.2 Å². The molecule has 2 aromatic rings. The van der Waals surface area contributed by atoms with Crippen LogP contribution in [-0.2, 0) is 10.0 Å². The van der Waals surface area contributed by atoms with Crippen LogP contribution in [0.5, 0.6) is 0 Å². The van der Waals surface area contributed by atoms with E-state index in [4.69, 9.17) is 0 Å². The normalized spacial score (nSPS) is 11.1. The Morgan fingerprint density at radius 3 is 2.35 bits per heavy atom. The highest BCUT2D eigenvalue weighted by molar-refractivity contribution is 9.10. The Morgan fingerprint density at radius 1 is 1.10 bits per heavy atom. The number of nitro benzene ring substituents is 1. The highest BCUT2D eigenvalue weighted by atomic mass is 79.9. The zero-order valence-electron chi connectivity index (χ0n) is 9.99. The molecule has 0 aliphatic heterocycles. The first-order valence-corrected chi connectivity index (χ1v) is 7.69. The summed E-state index contributed by atoms with van der Waals surface area (Å²) < 4.78 is 27.0. The number of halogens is 1. The molecule has 0 aromatic heterocycles. The van der Waals surface area contributed by atoms with Crippen molar-refractivity contribution in [1.29, 1.82) is 0 Å². The Hall–Kier alpha value is -1.93. The first-order chi connectivity index (χ1) is 9.40. The van der Waals surface area contributed by atoms with E-state index in [1.54, 1.807) is 18.2 Å². The molecular weight excluding hydrogens is 348 g/mol. The van der Waals surface area contributed by atoms with Crippen molar-refractivity contribution >= 4 is 37.3 Å². The molecule has 2 aromatic carbocycles. The maximum Gasteiger partial charge on any atom is 0.271 e. The van der Waals surface area contributed by atoms with E-state index in [-0.39, 0.29) is 16.3 Å². The van der Waals surface area contributed by atoms with E-state index in [0.29, 0.717) is 4.47 Å². The molecule has 104 valence electrons. The molecule has 0 aliphatic carbocycles. The Morgan fingerprint density at radius 2 is 1.75 bits per heavy atom. The van der Waals surface area contributed by atoms with Gasteiger partial charge in [-0.15, -0.1) is 0 Å². The number of nitrogens with one attached hydrogen (secondary N) is 1. The largest absolute Gasteiger partial charge is 0.278 e. The summed E-state index contributed by atoms with van der Waals surface area (Å²) in [6, 6.07) is 11.6. The van der Waals surface area contributed by atoms with Crippen molar-refractivity contribution in [2.45, 2.75) is 4.90 Å². The molecule has 0 fully saturated rings. The standard InChI is InChI=1S/C12H9BrN2O4S/c13-11-7-6-9(15(16)17)8-12(11)14-20(18,19)10-4-2-1-3-5-10/h1-8,14H. The van der Waals surface area contributed by atoms with Crippen LogP contribution in [-0.4, -0.2) is 13.3 Å². The average Bonchev–Trinajstić information content (AvgIpc) is 2.42. The second-order valence-electron chi connectivity index (χ2n) is 3.84. The Bertz CT molecular complexity index is 747. The van der Waals surface area contributed by atoms with Gasteiger partial charge in [0, 0.05) is 16.6 Å². The molecule has 0 bridgehead atoms. The van der Waals surface area contributed by atoms with Gasteiger partial charge < -0.3 is 0 Å². The molecule has 8 heteroatoms. The van der Waals surface area contributed by atoms with E-state index < -0.39 is 14.9 Å². The lowest BCUT2D eigenvalue weighted by atomic mass is 10.3. The van der Waals surface area contributed by atoms with Crippen LogP contribution in [0, 0.1) is 10.1 Å². The second kappa shape index (κ2) is 5.59. The summed E-state index contributed by atoms with van der Waals surface area (Å²) in [5.41, 5.74) is -0.0815. The van der Waals surface area contributed by atoms with Crippen LogP contribution in [0.2, 0.25) is 0 Å². The van der Waals surface area contributed by atoms with E-state index in [2.05, 4.69) is 20.7 Å². The molecule has 20 heavy (non-hydrogen) atoms. The van der Waals surface area contributed by atoms with Gasteiger partial charge in [-0.05, 0) is 34.1 Å². The smallest absolute Gasteiger partial charge is 0.271 e. The van der Waals surface area contributed by atoms with Gasteiger partial charge in [0.15, 0.2) is 0 Å². The molecule has 0 spiro atoms. The average molecular weight is 357 g/mol.